The Morgan fingerprint density at radius 2 is 0.857 bits per heavy atom. The molecule has 5 nitrogen and oxygen atoms in total. The summed E-state index contributed by atoms with van der Waals surface area (Å²) < 4.78 is 6.40. The Labute approximate surface area is 130 Å². The fourth-order valence-electron chi connectivity index (χ4n) is 2.75. The van der Waals surface area contributed by atoms with Gasteiger partial charge in [0.15, 0.2) is 13.1 Å². The van der Waals surface area contributed by atoms with Crippen molar-refractivity contribution in [3.05, 3.63) is 0 Å². The van der Waals surface area contributed by atoms with Gasteiger partial charge in [0.25, 0.3) is 0 Å². The number of carbonyl (C=O) groups excluding carboxylic acids is 2. The number of ether oxygens (including phenoxy) is 1. The first-order chi connectivity index (χ1) is 9.86. The van der Waals surface area contributed by atoms with Gasteiger partial charge in [-0.2, -0.15) is 0 Å². The molecule has 124 valence electrons. The third-order valence-electron chi connectivity index (χ3n) is 5.18. The van der Waals surface area contributed by atoms with E-state index in [4.69, 9.17) is 4.74 Å². The van der Waals surface area contributed by atoms with E-state index in [1.807, 2.05) is 0 Å². The molecule has 0 aliphatic heterocycles. The molecule has 0 aromatic heterocycles. The van der Waals surface area contributed by atoms with Crippen LogP contribution in [0.1, 0.15) is 41.5 Å². The number of hydrogen-bond acceptors (Lipinski definition) is 3. The maximum atomic E-state index is 12.0. The van der Waals surface area contributed by atoms with Crippen LogP contribution < -0.4 is 0 Å². The Kier molecular flexibility index (Phi) is 8.74. The maximum absolute atomic E-state index is 12.0. The van der Waals surface area contributed by atoms with Crippen molar-refractivity contribution in [3.63, 3.8) is 0 Å². The zero-order valence-corrected chi connectivity index (χ0v) is 14.8. The fourth-order valence-corrected chi connectivity index (χ4v) is 2.75. The van der Waals surface area contributed by atoms with Gasteiger partial charge < -0.3 is 13.7 Å². The van der Waals surface area contributed by atoms with Crippen LogP contribution in [0.4, 0.5) is 0 Å². The van der Waals surface area contributed by atoms with Crippen molar-refractivity contribution < 1.29 is 23.3 Å². The van der Waals surface area contributed by atoms with Crippen LogP contribution in [0.15, 0.2) is 0 Å². The highest BCUT2D eigenvalue weighted by Gasteiger charge is 2.30. The second kappa shape index (κ2) is 9.15. The molecule has 0 saturated carbocycles. The van der Waals surface area contributed by atoms with Crippen LogP contribution in [-0.4, -0.2) is 73.3 Å². The van der Waals surface area contributed by atoms with Crippen molar-refractivity contribution in [1.82, 2.24) is 0 Å². The summed E-state index contributed by atoms with van der Waals surface area (Å²) in [5.41, 5.74) is 0. The highest BCUT2D eigenvalue weighted by Crippen LogP contribution is 2.08. The monoisotopic (exact) mass is 302 g/mol. The Morgan fingerprint density at radius 1 is 0.619 bits per heavy atom. The van der Waals surface area contributed by atoms with Crippen LogP contribution in [-0.2, 0) is 14.3 Å². The molecular formula is C16H34N2O3+2. The topological polar surface area (TPSA) is 43.4 Å². The zero-order valence-electron chi connectivity index (χ0n) is 14.8. The van der Waals surface area contributed by atoms with Crippen molar-refractivity contribution in [3.8, 4) is 0 Å². The number of carbonyl (C=O) groups is 2. The summed E-state index contributed by atoms with van der Waals surface area (Å²) in [4.78, 5) is 24.1. The van der Waals surface area contributed by atoms with Gasteiger partial charge in [-0.3, -0.25) is 0 Å². The highest BCUT2D eigenvalue weighted by atomic mass is 16.6. The normalized spacial score (nSPS) is 12.3. The SMILES string of the molecule is CC[N+](CC)(CC)CC(=O)OC(=O)C[N+](CC)(CC)CC. The van der Waals surface area contributed by atoms with Crippen molar-refractivity contribution in [2.24, 2.45) is 0 Å². The summed E-state index contributed by atoms with van der Waals surface area (Å²) in [6, 6.07) is 0. The maximum Gasteiger partial charge on any atom is 0.369 e. The molecule has 0 aromatic rings. The molecule has 0 atom stereocenters. The molecule has 0 aliphatic rings. The van der Waals surface area contributed by atoms with Gasteiger partial charge >= 0.3 is 11.9 Å². The Hall–Kier alpha value is -0.940. The first kappa shape index (κ1) is 20.1. The second-order valence-corrected chi connectivity index (χ2v) is 5.74. The standard InChI is InChI=1S/C16H34N2O3/c1-7-17(8-2,9-3)13-15(19)21-16(20)14-18(10-4,11-5)12-6/h7-14H2,1-6H3/q+2. The van der Waals surface area contributed by atoms with E-state index in [-0.39, 0.29) is 13.1 Å². The van der Waals surface area contributed by atoms with E-state index in [0.717, 1.165) is 39.3 Å². The highest BCUT2D eigenvalue weighted by molar-refractivity contribution is 5.86. The third kappa shape index (κ3) is 5.75. The van der Waals surface area contributed by atoms with E-state index in [2.05, 4.69) is 41.5 Å². The molecule has 5 heteroatoms. The molecule has 0 heterocycles. The summed E-state index contributed by atoms with van der Waals surface area (Å²) in [6.07, 6.45) is 0. The van der Waals surface area contributed by atoms with Crippen molar-refractivity contribution >= 4 is 11.9 Å². The predicted octanol–water partition coefficient (Wildman–Crippen LogP) is 1.81. The summed E-state index contributed by atoms with van der Waals surface area (Å²) in [6.45, 7) is 18.2. The lowest BCUT2D eigenvalue weighted by Crippen LogP contribution is -2.53. The van der Waals surface area contributed by atoms with E-state index < -0.39 is 11.9 Å². The molecule has 21 heavy (non-hydrogen) atoms. The van der Waals surface area contributed by atoms with Gasteiger partial charge in [-0.05, 0) is 41.5 Å². The largest absolute Gasteiger partial charge is 0.385 e. The number of hydrogen-bond donors (Lipinski definition) is 0. The van der Waals surface area contributed by atoms with Crippen LogP contribution in [0.25, 0.3) is 0 Å². The molecule has 0 spiro atoms. The van der Waals surface area contributed by atoms with Gasteiger partial charge in [-0.25, -0.2) is 9.59 Å². The first-order valence-corrected chi connectivity index (χ1v) is 8.30. The fraction of sp³-hybridized carbons (Fsp3) is 0.875. The van der Waals surface area contributed by atoms with Gasteiger partial charge in [0.05, 0.1) is 39.3 Å². The van der Waals surface area contributed by atoms with Gasteiger partial charge in [0.1, 0.15) is 0 Å². The number of esters is 2. The zero-order chi connectivity index (χ0) is 16.5. The van der Waals surface area contributed by atoms with E-state index in [1.165, 1.54) is 0 Å². The molecule has 0 aliphatic carbocycles. The molecule has 0 saturated heterocycles. The van der Waals surface area contributed by atoms with Crippen LogP contribution in [0.5, 0.6) is 0 Å². The van der Waals surface area contributed by atoms with Crippen LogP contribution in [0.2, 0.25) is 0 Å². The molecule has 0 bridgehead atoms. The lowest BCUT2D eigenvalue weighted by molar-refractivity contribution is -0.917. The van der Waals surface area contributed by atoms with Gasteiger partial charge in [-0.1, -0.05) is 0 Å². The number of likely N-dealkylation sites (N-methyl/N-ethyl adjacent to an activating group) is 2. The summed E-state index contributed by atoms with van der Waals surface area (Å²) in [5.74, 6) is -0.793. The van der Waals surface area contributed by atoms with E-state index >= 15 is 0 Å². The molecule has 0 N–H and O–H groups in total. The second-order valence-electron chi connectivity index (χ2n) is 5.74. The van der Waals surface area contributed by atoms with E-state index in [0.29, 0.717) is 8.97 Å². The number of nitrogens with zero attached hydrogens (tertiary/aromatic N) is 2. The van der Waals surface area contributed by atoms with Crippen molar-refractivity contribution in [2.75, 3.05) is 52.4 Å². The molecule has 0 aromatic carbocycles. The lowest BCUT2D eigenvalue weighted by Gasteiger charge is -2.35. The van der Waals surface area contributed by atoms with Crippen molar-refractivity contribution in [1.29, 1.82) is 0 Å². The molecule has 0 radical (unpaired) electrons. The average Bonchev–Trinajstić information content (AvgIpc) is 2.50. The smallest absolute Gasteiger partial charge is 0.369 e. The number of quaternary nitrogens is 2. The van der Waals surface area contributed by atoms with Crippen molar-refractivity contribution in [2.45, 2.75) is 41.5 Å². The van der Waals surface area contributed by atoms with Crippen LogP contribution in [0, 0.1) is 0 Å². The quantitative estimate of drug-likeness (QED) is 0.351. The van der Waals surface area contributed by atoms with E-state index in [9.17, 15) is 9.59 Å². The minimum absolute atomic E-state index is 0.277. The Bertz CT molecular complexity index is 286. The molecule has 0 rings (SSSR count). The predicted molar refractivity (Wildman–Crippen MR) is 84.6 cm³/mol. The molecule has 0 fully saturated rings. The van der Waals surface area contributed by atoms with Crippen LogP contribution in [0.3, 0.4) is 0 Å². The minimum atomic E-state index is -0.396. The van der Waals surface area contributed by atoms with E-state index in [1.54, 1.807) is 0 Å². The first-order valence-electron chi connectivity index (χ1n) is 8.30. The van der Waals surface area contributed by atoms with Gasteiger partial charge in [0, 0.05) is 0 Å². The third-order valence-corrected chi connectivity index (χ3v) is 5.18. The molecule has 0 unspecified atom stereocenters. The summed E-state index contributed by atoms with van der Waals surface area (Å²) in [7, 11) is 0. The van der Waals surface area contributed by atoms with Gasteiger partial charge in [-0.15, -0.1) is 0 Å². The molecular weight excluding hydrogens is 268 g/mol. The summed E-state index contributed by atoms with van der Waals surface area (Å²) in [5, 5.41) is 0. The number of rotatable bonds is 10. The summed E-state index contributed by atoms with van der Waals surface area (Å²) >= 11 is 0. The average molecular weight is 302 g/mol. The Morgan fingerprint density at radius 3 is 1.05 bits per heavy atom. The van der Waals surface area contributed by atoms with Crippen LogP contribution >= 0.6 is 0 Å². The van der Waals surface area contributed by atoms with Gasteiger partial charge in [0.2, 0.25) is 0 Å². The molecule has 0 amide bonds. The lowest BCUT2D eigenvalue weighted by atomic mass is 10.3. The minimum Gasteiger partial charge on any atom is -0.385 e. The Balaban J connectivity index is 4.62.